The molecule has 0 aliphatic heterocycles. The molecule has 56 heavy (non-hydrogen) atoms. The van der Waals surface area contributed by atoms with Crippen LogP contribution in [0.3, 0.4) is 0 Å². The van der Waals surface area contributed by atoms with Gasteiger partial charge in [0, 0.05) is 38.2 Å². The van der Waals surface area contributed by atoms with Crippen LogP contribution in [0.1, 0.15) is 0 Å². The minimum atomic E-state index is 0.589. The predicted octanol–water partition coefficient (Wildman–Crippen LogP) is 13.7. The Balaban J connectivity index is 1.14. The standard InChI is InChI=1S/C51H31N3O2/c1-3-12-32(13-4-1)33-22-24-35(25-23-33)50-52-49(34-14-5-2-6-15-34)53-51(54-50)40-28-26-36(38-18-11-21-47-48(38)41-17-8-10-20-45(41)56-47)30-42(40)37-27-29-46-43(31-37)39-16-7-9-19-44(39)55-46/h1-31H. The Morgan fingerprint density at radius 3 is 1.54 bits per heavy atom. The van der Waals surface area contributed by atoms with Crippen molar-refractivity contribution >= 4 is 43.9 Å². The molecular weight excluding hydrogens is 687 g/mol. The van der Waals surface area contributed by atoms with Crippen molar-refractivity contribution in [3.63, 3.8) is 0 Å². The molecule has 0 atom stereocenters. The van der Waals surface area contributed by atoms with Crippen LogP contribution in [-0.4, -0.2) is 15.0 Å². The molecular formula is C51H31N3O2. The molecule has 0 saturated carbocycles. The Morgan fingerprint density at radius 1 is 0.268 bits per heavy atom. The van der Waals surface area contributed by atoms with Gasteiger partial charge >= 0.3 is 0 Å². The number of hydrogen-bond acceptors (Lipinski definition) is 5. The van der Waals surface area contributed by atoms with Gasteiger partial charge in [0.1, 0.15) is 22.3 Å². The second-order valence-corrected chi connectivity index (χ2v) is 14.0. The van der Waals surface area contributed by atoms with Crippen molar-refractivity contribution in [3.8, 4) is 67.5 Å². The molecule has 0 aliphatic rings. The van der Waals surface area contributed by atoms with Crippen LogP contribution in [0, 0.1) is 0 Å². The van der Waals surface area contributed by atoms with Crippen molar-refractivity contribution in [2.45, 2.75) is 0 Å². The number of fused-ring (bicyclic) bond motifs is 6. The normalized spacial score (nSPS) is 11.6. The topological polar surface area (TPSA) is 65.0 Å². The number of hydrogen-bond donors (Lipinski definition) is 0. The first kappa shape index (κ1) is 31.9. The van der Waals surface area contributed by atoms with Crippen LogP contribution in [0.5, 0.6) is 0 Å². The summed E-state index contributed by atoms with van der Waals surface area (Å²) in [5.41, 5.74) is 12.6. The van der Waals surface area contributed by atoms with Gasteiger partial charge in [-0.1, -0.05) is 146 Å². The lowest BCUT2D eigenvalue weighted by atomic mass is 9.91. The van der Waals surface area contributed by atoms with E-state index in [1.54, 1.807) is 0 Å². The maximum absolute atomic E-state index is 6.31. The zero-order valence-electron chi connectivity index (χ0n) is 30.1. The summed E-state index contributed by atoms with van der Waals surface area (Å²) in [6.07, 6.45) is 0. The molecule has 0 saturated heterocycles. The molecule has 0 unspecified atom stereocenters. The lowest BCUT2D eigenvalue weighted by Crippen LogP contribution is -2.01. The minimum absolute atomic E-state index is 0.589. The molecule has 11 rings (SSSR count). The van der Waals surface area contributed by atoms with E-state index in [-0.39, 0.29) is 0 Å². The number of nitrogens with zero attached hydrogens (tertiary/aromatic N) is 3. The Morgan fingerprint density at radius 2 is 0.768 bits per heavy atom. The molecule has 8 aromatic carbocycles. The summed E-state index contributed by atoms with van der Waals surface area (Å²) in [6.45, 7) is 0. The number of benzene rings is 8. The van der Waals surface area contributed by atoms with Crippen LogP contribution < -0.4 is 0 Å². The summed E-state index contributed by atoms with van der Waals surface area (Å²) in [4.78, 5) is 15.5. The van der Waals surface area contributed by atoms with Gasteiger partial charge in [-0.3, -0.25) is 0 Å². The predicted molar refractivity (Wildman–Crippen MR) is 227 cm³/mol. The average molecular weight is 718 g/mol. The first-order valence-electron chi connectivity index (χ1n) is 18.7. The van der Waals surface area contributed by atoms with Crippen LogP contribution in [-0.2, 0) is 0 Å². The summed E-state index contributed by atoms with van der Waals surface area (Å²) in [5.74, 6) is 1.81. The van der Waals surface area contributed by atoms with Crippen LogP contribution >= 0.6 is 0 Å². The van der Waals surface area contributed by atoms with Crippen molar-refractivity contribution in [1.29, 1.82) is 0 Å². The Labute approximate surface area is 322 Å². The summed E-state index contributed by atoms with van der Waals surface area (Å²) < 4.78 is 12.6. The van der Waals surface area contributed by atoms with Crippen molar-refractivity contribution in [2.75, 3.05) is 0 Å². The number of rotatable bonds is 6. The third kappa shape index (κ3) is 5.45. The van der Waals surface area contributed by atoms with Gasteiger partial charge in [0.25, 0.3) is 0 Å². The maximum Gasteiger partial charge on any atom is 0.164 e. The maximum atomic E-state index is 6.31. The molecule has 5 heteroatoms. The third-order valence-corrected chi connectivity index (χ3v) is 10.6. The fourth-order valence-corrected chi connectivity index (χ4v) is 7.84. The molecule has 0 aliphatic carbocycles. The van der Waals surface area contributed by atoms with Gasteiger partial charge < -0.3 is 8.83 Å². The fraction of sp³-hybridized carbons (Fsp3) is 0. The number of furan rings is 2. The van der Waals surface area contributed by atoms with E-state index in [4.69, 9.17) is 23.8 Å². The monoisotopic (exact) mass is 717 g/mol. The van der Waals surface area contributed by atoms with E-state index in [0.717, 1.165) is 93.9 Å². The van der Waals surface area contributed by atoms with E-state index in [9.17, 15) is 0 Å². The van der Waals surface area contributed by atoms with Crippen molar-refractivity contribution < 1.29 is 8.83 Å². The minimum Gasteiger partial charge on any atom is -0.456 e. The van der Waals surface area contributed by atoms with Gasteiger partial charge in [-0.15, -0.1) is 0 Å². The van der Waals surface area contributed by atoms with E-state index in [0.29, 0.717) is 17.5 Å². The van der Waals surface area contributed by atoms with Gasteiger partial charge in [-0.2, -0.15) is 0 Å². The number of para-hydroxylation sites is 2. The summed E-state index contributed by atoms with van der Waals surface area (Å²) in [6, 6.07) is 64.6. The van der Waals surface area contributed by atoms with E-state index < -0.39 is 0 Å². The Bertz CT molecular complexity index is 3240. The molecule has 0 N–H and O–H groups in total. The molecule has 3 aromatic heterocycles. The van der Waals surface area contributed by atoms with Gasteiger partial charge in [0.2, 0.25) is 0 Å². The smallest absolute Gasteiger partial charge is 0.164 e. The van der Waals surface area contributed by atoms with Crippen molar-refractivity contribution in [2.24, 2.45) is 0 Å². The van der Waals surface area contributed by atoms with Crippen LogP contribution in [0.2, 0.25) is 0 Å². The van der Waals surface area contributed by atoms with E-state index >= 15 is 0 Å². The quantitative estimate of drug-likeness (QED) is 0.171. The third-order valence-electron chi connectivity index (χ3n) is 10.6. The molecule has 262 valence electrons. The highest BCUT2D eigenvalue weighted by Crippen LogP contribution is 2.42. The van der Waals surface area contributed by atoms with Crippen LogP contribution in [0.4, 0.5) is 0 Å². The number of aromatic nitrogens is 3. The summed E-state index contributed by atoms with van der Waals surface area (Å²) in [7, 11) is 0. The summed E-state index contributed by atoms with van der Waals surface area (Å²) >= 11 is 0. The average Bonchev–Trinajstić information content (AvgIpc) is 3.85. The highest BCUT2D eigenvalue weighted by Gasteiger charge is 2.20. The van der Waals surface area contributed by atoms with Gasteiger partial charge in [0.05, 0.1) is 0 Å². The van der Waals surface area contributed by atoms with Gasteiger partial charge in [-0.05, 0) is 75.8 Å². The highest BCUT2D eigenvalue weighted by atomic mass is 16.3. The first-order chi connectivity index (χ1) is 27.7. The zero-order chi connectivity index (χ0) is 37.0. The van der Waals surface area contributed by atoms with Crippen molar-refractivity contribution in [1.82, 2.24) is 15.0 Å². The first-order valence-corrected chi connectivity index (χ1v) is 18.7. The SMILES string of the molecule is c1ccc(-c2ccc(-c3nc(-c4ccccc4)nc(-c4ccc(-c5cccc6oc7ccccc7c56)cc4-c4ccc5oc6ccccc6c5c4)n3)cc2)cc1. The van der Waals surface area contributed by atoms with Crippen LogP contribution in [0.15, 0.2) is 197 Å². The molecule has 0 fully saturated rings. The van der Waals surface area contributed by atoms with Gasteiger partial charge in [0.15, 0.2) is 17.5 Å². The molecule has 0 amide bonds. The second kappa shape index (κ2) is 13.0. The van der Waals surface area contributed by atoms with Gasteiger partial charge in [-0.25, -0.2) is 15.0 Å². The largest absolute Gasteiger partial charge is 0.456 e. The zero-order valence-corrected chi connectivity index (χ0v) is 30.1. The van der Waals surface area contributed by atoms with E-state index in [1.165, 1.54) is 0 Å². The second-order valence-electron chi connectivity index (χ2n) is 14.0. The Hall–Kier alpha value is -7.63. The molecule has 0 radical (unpaired) electrons. The molecule has 0 bridgehead atoms. The lowest BCUT2D eigenvalue weighted by molar-refractivity contribution is 0.668. The van der Waals surface area contributed by atoms with Crippen LogP contribution in [0.25, 0.3) is 111 Å². The summed E-state index contributed by atoms with van der Waals surface area (Å²) in [5, 5.41) is 4.30. The molecule has 3 heterocycles. The fourth-order valence-electron chi connectivity index (χ4n) is 7.84. The molecule has 5 nitrogen and oxygen atoms in total. The molecule has 0 spiro atoms. The van der Waals surface area contributed by atoms with Crippen molar-refractivity contribution in [3.05, 3.63) is 188 Å². The Kier molecular flexibility index (Phi) is 7.42. The lowest BCUT2D eigenvalue weighted by Gasteiger charge is -2.15. The van der Waals surface area contributed by atoms with E-state index in [1.807, 2.05) is 66.7 Å². The van der Waals surface area contributed by atoms with E-state index in [2.05, 4.69) is 121 Å². The molecule has 11 aromatic rings. The highest BCUT2D eigenvalue weighted by molar-refractivity contribution is 6.13.